The highest BCUT2D eigenvalue weighted by Crippen LogP contribution is 2.25. The van der Waals surface area contributed by atoms with E-state index in [1.807, 2.05) is 24.3 Å². The molecule has 2 aromatic rings. The second kappa shape index (κ2) is 9.07. The van der Waals surface area contributed by atoms with E-state index in [0.717, 1.165) is 30.8 Å². The topological polar surface area (TPSA) is 76.7 Å². The summed E-state index contributed by atoms with van der Waals surface area (Å²) in [5.74, 6) is 1.31. The lowest BCUT2D eigenvalue weighted by Crippen LogP contribution is -2.27. The fourth-order valence-corrected chi connectivity index (χ4v) is 2.96. The third-order valence-corrected chi connectivity index (χ3v) is 4.40. The van der Waals surface area contributed by atoms with Crippen molar-refractivity contribution >= 4 is 11.8 Å². The van der Waals surface area contributed by atoms with Crippen LogP contribution in [0.15, 0.2) is 42.5 Å². The van der Waals surface area contributed by atoms with Gasteiger partial charge in [-0.05, 0) is 41.3 Å². The van der Waals surface area contributed by atoms with Gasteiger partial charge in [-0.25, -0.2) is 0 Å². The average molecular weight is 368 g/mol. The zero-order valence-corrected chi connectivity index (χ0v) is 15.4. The van der Waals surface area contributed by atoms with Crippen LogP contribution in [-0.4, -0.2) is 38.6 Å². The number of amides is 2. The van der Waals surface area contributed by atoms with Gasteiger partial charge in [-0.2, -0.15) is 0 Å². The molecular formula is C21H24N2O4. The molecule has 0 bridgehead atoms. The molecule has 27 heavy (non-hydrogen) atoms. The summed E-state index contributed by atoms with van der Waals surface area (Å²) in [4.78, 5) is 23.4. The third kappa shape index (κ3) is 5.48. The zero-order chi connectivity index (χ0) is 19.1. The van der Waals surface area contributed by atoms with E-state index in [1.165, 1.54) is 11.1 Å². The molecule has 0 unspecified atom stereocenters. The lowest BCUT2D eigenvalue weighted by Gasteiger charge is -2.09. The number of rotatable bonds is 8. The predicted molar refractivity (Wildman–Crippen MR) is 102 cm³/mol. The molecule has 6 heteroatoms. The van der Waals surface area contributed by atoms with Crippen molar-refractivity contribution < 1.29 is 19.1 Å². The fourth-order valence-electron chi connectivity index (χ4n) is 2.96. The van der Waals surface area contributed by atoms with Crippen LogP contribution < -0.4 is 20.1 Å². The molecule has 1 aliphatic rings. The van der Waals surface area contributed by atoms with Gasteiger partial charge in [-0.1, -0.05) is 24.3 Å². The van der Waals surface area contributed by atoms with Crippen molar-refractivity contribution in [2.24, 2.45) is 0 Å². The van der Waals surface area contributed by atoms with E-state index >= 15 is 0 Å². The summed E-state index contributed by atoms with van der Waals surface area (Å²) in [5, 5.41) is 5.45. The van der Waals surface area contributed by atoms with Gasteiger partial charge in [0, 0.05) is 20.0 Å². The van der Waals surface area contributed by atoms with Gasteiger partial charge in [-0.3, -0.25) is 9.59 Å². The SMILES string of the molecule is CNC(=O)COc1cccc(CC(=O)NCCc2ccc3c(c2)CCO3)c1. The van der Waals surface area contributed by atoms with Gasteiger partial charge in [0.15, 0.2) is 6.61 Å². The van der Waals surface area contributed by atoms with Crippen LogP contribution in [0.1, 0.15) is 16.7 Å². The zero-order valence-electron chi connectivity index (χ0n) is 15.4. The van der Waals surface area contributed by atoms with Crippen molar-refractivity contribution in [3.63, 3.8) is 0 Å². The van der Waals surface area contributed by atoms with E-state index < -0.39 is 0 Å². The van der Waals surface area contributed by atoms with E-state index in [0.29, 0.717) is 12.3 Å². The molecule has 0 aromatic heterocycles. The van der Waals surface area contributed by atoms with Gasteiger partial charge in [0.2, 0.25) is 5.91 Å². The number of hydrogen-bond acceptors (Lipinski definition) is 4. The summed E-state index contributed by atoms with van der Waals surface area (Å²) in [6.45, 7) is 1.30. The molecule has 0 atom stereocenters. The summed E-state index contributed by atoms with van der Waals surface area (Å²) in [6.07, 6.45) is 2.01. The van der Waals surface area contributed by atoms with Crippen molar-refractivity contribution in [2.75, 3.05) is 26.8 Å². The van der Waals surface area contributed by atoms with Crippen LogP contribution in [0.3, 0.4) is 0 Å². The molecule has 0 fully saturated rings. The number of nitrogens with one attached hydrogen (secondary N) is 2. The predicted octanol–water partition coefficient (Wildman–Crippen LogP) is 1.65. The van der Waals surface area contributed by atoms with E-state index in [-0.39, 0.29) is 24.8 Å². The van der Waals surface area contributed by atoms with Crippen LogP contribution in [0, 0.1) is 0 Å². The van der Waals surface area contributed by atoms with Gasteiger partial charge in [0.1, 0.15) is 11.5 Å². The molecule has 2 aromatic carbocycles. The monoisotopic (exact) mass is 368 g/mol. The molecule has 2 amide bonds. The average Bonchev–Trinajstić information content (AvgIpc) is 3.14. The Morgan fingerprint density at radius 3 is 2.85 bits per heavy atom. The maximum absolute atomic E-state index is 12.2. The molecular weight excluding hydrogens is 344 g/mol. The molecule has 2 N–H and O–H groups in total. The minimum atomic E-state index is -0.198. The Hall–Kier alpha value is -3.02. The van der Waals surface area contributed by atoms with Crippen LogP contribution in [0.2, 0.25) is 0 Å². The summed E-state index contributed by atoms with van der Waals surface area (Å²) in [5.41, 5.74) is 3.29. The smallest absolute Gasteiger partial charge is 0.257 e. The minimum Gasteiger partial charge on any atom is -0.493 e. The molecule has 142 valence electrons. The number of benzene rings is 2. The number of carbonyl (C=O) groups excluding carboxylic acids is 2. The molecule has 1 heterocycles. The van der Waals surface area contributed by atoms with Crippen LogP contribution in [0.4, 0.5) is 0 Å². The first-order valence-corrected chi connectivity index (χ1v) is 9.07. The number of hydrogen-bond donors (Lipinski definition) is 2. The second-order valence-corrected chi connectivity index (χ2v) is 6.43. The number of likely N-dealkylation sites (N-methyl/N-ethyl adjacent to an activating group) is 1. The quantitative estimate of drug-likeness (QED) is 0.743. The number of fused-ring (bicyclic) bond motifs is 1. The number of carbonyl (C=O) groups is 2. The normalized spacial score (nSPS) is 12.0. The Labute approximate surface area is 158 Å². The summed E-state index contributed by atoms with van der Waals surface area (Å²) in [6, 6.07) is 13.4. The van der Waals surface area contributed by atoms with Crippen molar-refractivity contribution in [3.05, 3.63) is 59.2 Å². The molecule has 0 aliphatic carbocycles. The Kier molecular flexibility index (Phi) is 6.30. The van der Waals surface area contributed by atoms with Gasteiger partial charge in [0.25, 0.3) is 5.91 Å². The van der Waals surface area contributed by atoms with Crippen molar-refractivity contribution in [2.45, 2.75) is 19.3 Å². The lowest BCUT2D eigenvalue weighted by atomic mass is 10.1. The van der Waals surface area contributed by atoms with Crippen LogP contribution in [0.5, 0.6) is 11.5 Å². The van der Waals surface area contributed by atoms with Crippen molar-refractivity contribution in [3.8, 4) is 11.5 Å². The largest absolute Gasteiger partial charge is 0.493 e. The molecule has 6 nitrogen and oxygen atoms in total. The summed E-state index contributed by atoms with van der Waals surface area (Å²) < 4.78 is 10.9. The maximum atomic E-state index is 12.2. The Morgan fingerprint density at radius 1 is 1.11 bits per heavy atom. The van der Waals surface area contributed by atoms with E-state index in [9.17, 15) is 9.59 Å². The summed E-state index contributed by atoms with van der Waals surface area (Å²) in [7, 11) is 1.56. The first-order chi connectivity index (χ1) is 13.1. The van der Waals surface area contributed by atoms with Crippen LogP contribution in [-0.2, 0) is 28.9 Å². The van der Waals surface area contributed by atoms with Crippen LogP contribution in [0.25, 0.3) is 0 Å². The lowest BCUT2D eigenvalue weighted by molar-refractivity contribution is -0.122. The Morgan fingerprint density at radius 2 is 2.00 bits per heavy atom. The maximum Gasteiger partial charge on any atom is 0.257 e. The van der Waals surface area contributed by atoms with Crippen molar-refractivity contribution in [1.29, 1.82) is 0 Å². The van der Waals surface area contributed by atoms with E-state index in [2.05, 4.69) is 16.7 Å². The molecule has 0 saturated heterocycles. The molecule has 1 aliphatic heterocycles. The highest BCUT2D eigenvalue weighted by molar-refractivity contribution is 5.79. The van der Waals surface area contributed by atoms with Crippen LogP contribution >= 0.6 is 0 Å². The first kappa shape index (κ1) is 18.8. The van der Waals surface area contributed by atoms with Gasteiger partial charge >= 0.3 is 0 Å². The Bertz CT molecular complexity index is 820. The first-order valence-electron chi connectivity index (χ1n) is 9.07. The highest BCUT2D eigenvalue weighted by atomic mass is 16.5. The van der Waals surface area contributed by atoms with E-state index in [4.69, 9.17) is 9.47 Å². The van der Waals surface area contributed by atoms with Crippen molar-refractivity contribution in [1.82, 2.24) is 10.6 Å². The molecule has 0 radical (unpaired) electrons. The summed E-state index contributed by atoms with van der Waals surface area (Å²) >= 11 is 0. The Balaban J connectivity index is 1.44. The standard InChI is InChI=1S/C21H24N2O4/c1-22-21(25)14-27-18-4-2-3-16(12-18)13-20(24)23-9-7-15-5-6-19-17(11-15)8-10-26-19/h2-6,11-12H,7-10,13-14H2,1H3,(H,22,25)(H,23,24). The molecule has 0 saturated carbocycles. The minimum absolute atomic E-state index is 0.0389. The molecule has 3 rings (SSSR count). The molecule has 0 spiro atoms. The van der Waals surface area contributed by atoms with Gasteiger partial charge in [0.05, 0.1) is 13.0 Å². The third-order valence-electron chi connectivity index (χ3n) is 4.40. The highest BCUT2D eigenvalue weighted by Gasteiger charge is 2.12. The van der Waals surface area contributed by atoms with Gasteiger partial charge < -0.3 is 20.1 Å². The fraction of sp³-hybridized carbons (Fsp3) is 0.333. The number of ether oxygens (including phenoxy) is 2. The second-order valence-electron chi connectivity index (χ2n) is 6.43. The van der Waals surface area contributed by atoms with E-state index in [1.54, 1.807) is 19.2 Å². The van der Waals surface area contributed by atoms with Gasteiger partial charge in [-0.15, -0.1) is 0 Å².